The van der Waals surface area contributed by atoms with Crippen LogP contribution in [-0.2, 0) is 0 Å². The van der Waals surface area contributed by atoms with Crippen LogP contribution in [0, 0.1) is 0 Å². The van der Waals surface area contributed by atoms with Gasteiger partial charge in [-0.2, -0.15) is 0 Å². The number of hydrogen-bond acceptors (Lipinski definition) is 2. The van der Waals surface area contributed by atoms with E-state index in [2.05, 4.69) is 79.2 Å². The van der Waals surface area contributed by atoms with E-state index < -0.39 is 0 Å². The molecule has 2 aromatic rings. The predicted octanol–water partition coefficient (Wildman–Crippen LogP) is 6.04. The third-order valence-electron chi connectivity index (χ3n) is 5.99. The van der Waals surface area contributed by atoms with E-state index >= 15 is 0 Å². The Morgan fingerprint density at radius 1 is 1.14 bits per heavy atom. The molecule has 0 saturated carbocycles. The van der Waals surface area contributed by atoms with Crippen LogP contribution < -0.4 is 5.32 Å². The fourth-order valence-electron chi connectivity index (χ4n) is 4.19. The number of hydrogen-bond donors (Lipinski definition) is 1. The lowest BCUT2D eigenvalue weighted by Gasteiger charge is -2.34. The fourth-order valence-corrected chi connectivity index (χ4v) is 4.19. The Balaban J connectivity index is 1.51. The molecule has 1 unspecified atom stereocenters. The number of nitrogens with zero attached hydrogens (tertiary/aromatic N) is 1. The summed E-state index contributed by atoms with van der Waals surface area (Å²) in [4.78, 5) is 2.60. The molecule has 1 atom stereocenters. The molecule has 0 aromatic heterocycles. The number of unbranched alkanes of at least 4 members (excludes halogenated alkanes) is 1. The standard InChI is InChI=1S/C26H36N2/c1-4-6-17-28-18-16-27-26(20-28)21(3)10-9-13-22(5-2)25-15-14-23-11-7-8-12-24(23)19-25/h5,7-8,11-12,14-15,19,26-27H,3-4,6,9-10,13,16-18,20H2,1-2H3/b22-5+. The maximum absolute atomic E-state index is 4.42. The molecule has 1 heterocycles. The molecule has 2 aromatic carbocycles. The molecular formula is C26H36N2. The van der Waals surface area contributed by atoms with E-state index in [-0.39, 0.29) is 0 Å². The Bertz CT molecular complexity index is 805. The van der Waals surface area contributed by atoms with Gasteiger partial charge in [-0.25, -0.2) is 0 Å². The van der Waals surface area contributed by atoms with Crippen molar-refractivity contribution in [1.29, 1.82) is 0 Å². The molecule has 1 N–H and O–H groups in total. The number of nitrogens with one attached hydrogen (secondary N) is 1. The summed E-state index contributed by atoms with van der Waals surface area (Å²) < 4.78 is 0. The maximum atomic E-state index is 4.42. The zero-order valence-electron chi connectivity index (χ0n) is 17.7. The molecule has 28 heavy (non-hydrogen) atoms. The molecule has 3 rings (SSSR count). The van der Waals surface area contributed by atoms with Crippen LogP contribution in [0.15, 0.2) is 60.7 Å². The Morgan fingerprint density at radius 2 is 1.96 bits per heavy atom. The smallest absolute Gasteiger partial charge is 0.0406 e. The van der Waals surface area contributed by atoms with E-state index in [9.17, 15) is 0 Å². The van der Waals surface area contributed by atoms with Crippen molar-refractivity contribution >= 4 is 16.3 Å². The van der Waals surface area contributed by atoms with E-state index in [1.165, 1.54) is 59.8 Å². The van der Waals surface area contributed by atoms with Gasteiger partial charge in [0.2, 0.25) is 0 Å². The van der Waals surface area contributed by atoms with E-state index in [4.69, 9.17) is 0 Å². The van der Waals surface area contributed by atoms with Crippen molar-refractivity contribution in [2.45, 2.75) is 52.0 Å². The lowest BCUT2D eigenvalue weighted by Crippen LogP contribution is -2.51. The Labute approximate surface area is 171 Å². The zero-order chi connectivity index (χ0) is 19.8. The lowest BCUT2D eigenvalue weighted by molar-refractivity contribution is 0.209. The second-order valence-corrected chi connectivity index (χ2v) is 8.05. The number of fused-ring (bicyclic) bond motifs is 1. The van der Waals surface area contributed by atoms with Crippen molar-refractivity contribution in [2.24, 2.45) is 0 Å². The molecule has 1 fully saturated rings. The van der Waals surface area contributed by atoms with Crippen molar-refractivity contribution in [3.05, 3.63) is 66.3 Å². The fraction of sp³-hybridized carbons (Fsp3) is 0.462. The molecule has 0 aliphatic carbocycles. The molecule has 1 saturated heterocycles. The van der Waals surface area contributed by atoms with Crippen molar-refractivity contribution < 1.29 is 0 Å². The zero-order valence-corrected chi connectivity index (χ0v) is 17.7. The number of piperazine rings is 1. The van der Waals surface area contributed by atoms with Gasteiger partial charge < -0.3 is 10.2 Å². The van der Waals surface area contributed by atoms with Gasteiger partial charge in [0.05, 0.1) is 0 Å². The van der Waals surface area contributed by atoms with Gasteiger partial charge in [0.15, 0.2) is 0 Å². The Kier molecular flexibility index (Phi) is 7.88. The first-order valence-corrected chi connectivity index (χ1v) is 11.0. The summed E-state index contributed by atoms with van der Waals surface area (Å²) in [5.41, 5.74) is 4.17. The molecular weight excluding hydrogens is 340 g/mol. The normalized spacial score (nSPS) is 18.5. The van der Waals surface area contributed by atoms with Crippen LogP contribution in [0.1, 0.15) is 51.5 Å². The van der Waals surface area contributed by atoms with Crippen LogP contribution in [0.2, 0.25) is 0 Å². The van der Waals surface area contributed by atoms with Gasteiger partial charge >= 0.3 is 0 Å². The van der Waals surface area contributed by atoms with Gasteiger partial charge in [0.1, 0.15) is 0 Å². The highest BCUT2D eigenvalue weighted by atomic mass is 15.2. The molecule has 1 aliphatic heterocycles. The number of benzene rings is 2. The summed E-state index contributed by atoms with van der Waals surface area (Å²) in [6.45, 7) is 13.5. The first kappa shape index (κ1) is 20.8. The van der Waals surface area contributed by atoms with Crippen molar-refractivity contribution in [3.63, 3.8) is 0 Å². The number of allylic oxidation sites excluding steroid dienone is 2. The molecule has 0 radical (unpaired) electrons. The van der Waals surface area contributed by atoms with Crippen LogP contribution in [0.4, 0.5) is 0 Å². The summed E-state index contributed by atoms with van der Waals surface area (Å²) in [6.07, 6.45) is 8.23. The van der Waals surface area contributed by atoms with Crippen molar-refractivity contribution in [2.75, 3.05) is 26.2 Å². The average molecular weight is 377 g/mol. The summed E-state index contributed by atoms with van der Waals surface area (Å²) >= 11 is 0. The van der Waals surface area contributed by atoms with Crippen molar-refractivity contribution in [1.82, 2.24) is 10.2 Å². The third kappa shape index (κ3) is 5.56. The lowest BCUT2D eigenvalue weighted by atomic mass is 9.94. The van der Waals surface area contributed by atoms with E-state index in [0.717, 1.165) is 25.9 Å². The van der Waals surface area contributed by atoms with Gasteiger partial charge in [-0.05, 0) is 67.1 Å². The summed E-state index contributed by atoms with van der Waals surface area (Å²) in [6, 6.07) is 15.9. The van der Waals surface area contributed by atoms with Crippen LogP contribution in [0.3, 0.4) is 0 Å². The molecule has 0 spiro atoms. The van der Waals surface area contributed by atoms with Gasteiger partial charge in [0.25, 0.3) is 0 Å². The predicted molar refractivity (Wildman–Crippen MR) is 124 cm³/mol. The van der Waals surface area contributed by atoms with Gasteiger partial charge in [-0.1, -0.05) is 68.0 Å². The van der Waals surface area contributed by atoms with Crippen LogP contribution in [0.25, 0.3) is 16.3 Å². The van der Waals surface area contributed by atoms with Crippen LogP contribution in [-0.4, -0.2) is 37.1 Å². The Hall–Kier alpha value is -1.90. The summed E-state index contributed by atoms with van der Waals surface area (Å²) in [5.74, 6) is 0. The summed E-state index contributed by atoms with van der Waals surface area (Å²) in [7, 11) is 0. The minimum absolute atomic E-state index is 0.459. The largest absolute Gasteiger partial charge is 0.308 e. The molecule has 0 bridgehead atoms. The summed E-state index contributed by atoms with van der Waals surface area (Å²) in [5, 5.41) is 6.31. The third-order valence-corrected chi connectivity index (χ3v) is 5.99. The molecule has 2 heteroatoms. The molecule has 150 valence electrons. The van der Waals surface area contributed by atoms with Crippen LogP contribution in [0.5, 0.6) is 0 Å². The van der Waals surface area contributed by atoms with Gasteiger partial charge in [-0.3, -0.25) is 0 Å². The monoisotopic (exact) mass is 376 g/mol. The highest BCUT2D eigenvalue weighted by Crippen LogP contribution is 2.26. The second-order valence-electron chi connectivity index (χ2n) is 8.05. The molecule has 2 nitrogen and oxygen atoms in total. The molecule has 0 amide bonds. The van der Waals surface area contributed by atoms with Crippen molar-refractivity contribution in [3.8, 4) is 0 Å². The van der Waals surface area contributed by atoms with E-state index in [1.807, 2.05) is 0 Å². The van der Waals surface area contributed by atoms with Crippen LogP contribution >= 0.6 is 0 Å². The Morgan fingerprint density at radius 3 is 2.75 bits per heavy atom. The highest BCUT2D eigenvalue weighted by molar-refractivity contribution is 5.86. The minimum atomic E-state index is 0.459. The average Bonchev–Trinajstić information content (AvgIpc) is 2.75. The SMILES string of the molecule is C=C(CCC/C(=C\C)c1ccc2ccccc2c1)C1CN(CCCC)CCN1. The quantitative estimate of drug-likeness (QED) is 0.536. The first-order chi connectivity index (χ1) is 13.7. The topological polar surface area (TPSA) is 15.3 Å². The number of rotatable bonds is 9. The maximum Gasteiger partial charge on any atom is 0.0406 e. The molecule has 1 aliphatic rings. The van der Waals surface area contributed by atoms with Gasteiger partial charge in [0, 0.05) is 25.7 Å². The van der Waals surface area contributed by atoms with Gasteiger partial charge in [-0.15, -0.1) is 0 Å². The minimum Gasteiger partial charge on any atom is -0.308 e. The highest BCUT2D eigenvalue weighted by Gasteiger charge is 2.20. The van der Waals surface area contributed by atoms with E-state index in [1.54, 1.807) is 0 Å². The second kappa shape index (κ2) is 10.6. The first-order valence-electron chi connectivity index (χ1n) is 11.0. The van der Waals surface area contributed by atoms with E-state index in [0.29, 0.717) is 6.04 Å².